The summed E-state index contributed by atoms with van der Waals surface area (Å²) in [7, 11) is 1.75. The molecule has 2 aromatic rings. The lowest BCUT2D eigenvalue weighted by molar-refractivity contribution is 0.369. The van der Waals surface area contributed by atoms with Crippen LogP contribution in [-0.2, 0) is 6.42 Å². The van der Waals surface area contributed by atoms with Gasteiger partial charge in [0.2, 0.25) is 0 Å². The molecule has 0 bridgehead atoms. The van der Waals surface area contributed by atoms with Crippen LogP contribution in [0.15, 0.2) is 35.7 Å². The quantitative estimate of drug-likeness (QED) is 0.850. The molecular formula is C18H23NOS. The second kappa shape index (κ2) is 6.63. The number of rotatable bonds is 5. The van der Waals surface area contributed by atoms with Crippen molar-refractivity contribution < 1.29 is 4.74 Å². The van der Waals surface area contributed by atoms with Crippen molar-refractivity contribution in [2.24, 2.45) is 0 Å². The number of hydrogen-bond donors (Lipinski definition) is 1. The summed E-state index contributed by atoms with van der Waals surface area (Å²) in [6.07, 6.45) is 4.83. The van der Waals surface area contributed by atoms with Crippen molar-refractivity contribution in [2.75, 3.05) is 7.11 Å². The van der Waals surface area contributed by atoms with Crippen molar-refractivity contribution in [1.29, 1.82) is 0 Å². The second-order valence-electron chi connectivity index (χ2n) is 5.61. The number of fused-ring (bicyclic) bond motifs is 1. The number of benzene rings is 1. The Labute approximate surface area is 131 Å². The van der Waals surface area contributed by atoms with Gasteiger partial charge in [-0.3, -0.25) is 0 Å². The summed E-state index contributed by atoms with van der Waals surface area (Å²) in [5.41, 5.74) is 2.78. The average Bonchev–Trinajstić information content (AvgIpc) is 3.02. The lowest BCUT2D eigenvalue weighted by atomic mass is 9.92. The number of thiophene rings is 1. The third-order valence-electron chi connectivity index (χ3n) is 4.38. The summed E-state index contributed by atoms with van der Waals surface area (Å²) in [4.78, 5) is 1.56. The topological polar surface area (TPSA) is 21.3 Å². The first-order valence-corrected chi connectivity index (χ1v) is 8.66. The summed E-state index contributed by atoms with van der Waals surface area (Å²) < 4.78 is 5.53. The first-order valence-electron chi connectivity index (χ1n) is 7.78. The van der Waals surface area contributed by atoms with E-state index in [2.05, 4.69) is 41.9 Å². The Balaban J connectivity index is 1.83. The molecule has 0 saturated carbocycles. The van der Waals surface area contributed by atoms with Crippen molar-refractivity contribution in [3.8, 4) is 5.75 Å². The van der Waals surface area contributed by atoms with E-state index in [0.29, 0.717) is 12.1 Å². The number of ether oxygens (including phenoxy) is 1. The normalized spacial score (nSPS) is 19.0. The predicted octanol–water partition coefficient (Wildman–Crippen LogP) is 4.88. The van der Waals surface area contributed by atoms with Crippen LogP contribution in [0.4, 0.5) is 0 Å². The fourth-order valence-electron chi connectivity index (χ4n) is 3.28. The minimum absolute atomic E-state index is 0.344. The monoisotopic (exact) mass is 301 g/mol. The summed E-state index contributed by atoms with van der Waals surface area (Å²) >= 11 is 1.90. The van der Waals surface area contributed by atoms with Crippen LogP contribution in [-0.4, -0.2) is 7.11 Å². The van der Waals surface area contributed by atoms with E-state index in [1.165, 1.54) is 30.4 Å². The van der Waals surface area contributed by atoms with E-state index in [-0.39, 0.29) is 0 Å². The smallest absolute Gasteiger partial charge is 0.123 e. The largest absolute Gasteiger partial charge is 0.496 e. The Morgan fingerprint density at radius 2 is 2.19 bits per heavy atom. The maximum absolute atomic E-state index is 5.53. The summed E-state index contributed by atoms with van der Waals surface area (Å²) in [6, 6.07) is 11.5. The molecule has 1 N–H and O–H groups in total. The molecule has 3 rings (SSSR count). The average molecular weight is 301 g/mol. The van der Waals surface area contributed by atoms with Gasteiger partial charge in [-0.2, -0.15) is 0 Å². The second-order valence-corrected chi connectivity index (χ2v) is 6.61. The molecule has 3 heteroatoms. The van der Waals surface area contributed by atoms with E-state index < -0.39 is 0 Å². The lowest BCUT2D eigenvalue weighted by Crippen LogP contribution is -2.28. The van der Waals surface area contributed by atoms with Crippen molar-refractivity contribution >= 4 is 11.3 Å². The van der Waals surface area contributed by atoms with Crippen LogP contribution in [0.5, 0.6) is 5.75 Å². The van der Waals surface area contributed by atoms with Crippen molar-refractivity contribution in [3.63, 3.8) is 0 Å². The third kappa shape index (κ3) is 2.99. The van der Waals surface area contributed by atoms with Gasteiger partial charge in [0.15, 0.2) is 0 Å². The molecule has 0 radical (unpaired) electrons. The van der Waals surface area contributed by atoms with Gasteiger partial charge in [0.25, 0.3) is 0 Å². The van der Waals surface area contributed by atoms with Crippen LogP contribution in [0, 0.1) is 0 Å². The van der Waals surface area contributed by atoms with Gasteiger partial charge in [-0.1, -0.05) is 25.1 Å². The first-order chi connectivity index (χ1) is 10.3. The SMILES string of the molecule is CCC(NC1CCCc2sccc21)c1ccccc1OC. The van der Waals surface area contributed by atoms with Crippen molar-refractivity contribution in [1.82, 2.24) is 5.32 Å². The Morgan fingerprint density at radius 1 is 1.33 bits per heavy atom. The highest BCUT2D eigenvalue weighted by Gasteiger charge is 2.24. The minimum Gasteiger partial charge on any atom is -0.496 e. The van der Waals surface area contributed by atoms with Crippen molar-refractivity contribution in [2.45, 2.75) is 44.7 Å². The highest BCUT2D eigenvalue weighted by atomic mass is 32.1. The number of para-hydroxylation sites is 1. The van der Waals surface area contributed by atoms with E-state index in [9.17, 15) is 0 Å². The number of methoxy groups -OCH3 is 1. The molecule has 0 saturated heterocycles. The van der Waals surface area contributed by atoms with E-state index in [1.54, 1.807) is 12.0 Å². The van der Waals surface area contributed by atoms with Crippen LogP contribution in [0.3, 0.4) is 0 Å². The van der Waals surface area contributed by atoms with Crippen LogP contribution >= 0.6 is 11.3 Å². The van der Waals surface area contributed by atoms with Gasteiger partial charge in [0, 0.05) is 22.5 Å². The van der Waals surface area contributed by atoms with Gasteiger partial charge in [0.1, 0.15) is 5.75 Å². The molecule has 0 aliphatic heterocycles. The van der Waals surface area contributed by atoms with Gasteiger partial charge in [-0.25, -0.2) is 0 Å². The zero-order valence-electron chi connectivity index (χ0n) is 12.8. The summed E-state index contributed by atoms with van der Waals surface area (Å²) in [5.74, 6) is 0.984. The molecule has 2 atom stereocenters. The van der Waals surface area contributed by atoms with Crippen molar-refractivity contribution in [3.05, 3.63) is 51.7 Å². The maximum Gasteiger partial charge on any atom is 0.123 e. The van der Waals surface area contributed by atoms with Gasteiger partial charge >= 0.3 is 0 Å². The molecule has 21 heavy (non-hydrogen) atoms. The fraction of sp³-hybridized carbons (Fsp3) is 0.444. The molecule has 0 amide bonds. The van der Waals surface area contributed by atoms with E-state index >= 15 is 0 Å². The van der Waals surface area contributed by atoms with Gasteiger partial charge in [0.05, 0.1) is 7.11 Å². The van der Waals surface area contributed by atoms with Gasteiger partial charge in [-0.15, -0.1) is 11.3 Å². The fourth-order valence-corrected chi connectivity index (χ4v) is 4.27. The third-order valence-corrected chi connectivity index (χ3v) is 5.37. The zero-order valence-corrected chi connectivity index (χ0v) is 13.6. The predicted molar refractivity (Wildman–Crippen MR) is 89.2 cm³/mol. The Kier molecular flexibility index (Phi) is 4.61. The lowest BCUT2D eigenvalue weighted by Gasteiger charge is -2.29. The van der Waals surface area contributed by atoms with Crippen LogP contribution in [0.1, 0.15) is 54.3 Å². The van der Waals surface area contributed by atoms with Crippen LogP contribution < -0.4 is 10.1 Å². The minimum atomic E-state index is 0.344. The van der Waals surface area contributed by atoms with Crippen LogP contribution in [0.2, 0.25) is 0 Å². The van der Waals surface area contributed by atoms with Gasteiger partial charge in [-0.05, 0) is 48.8 Å². The van der Waals surface area contributed by atoms with E-state index in [0.717, 1.165) is 12.2 Å². The summed E-state index contributed by atoms with van der Waals surface area (Å²) in [6.45, 7) is 2.24. The standard InChI is InChI=1S/C18H23NOS/c1-3-15(13-7-4-5-9-17(13)20-2)19-16-8-6-10-18-14(16)11-12-21-18/h4-5,7,9,11-12,15-16,19H,3,6,8,10H2,1-2H3. The Hall–Kier alpha value is -1.32. The van der Waals surface area contributed by atoms with E-state index in [4.69, 9.17) is 4.74 Å². The molecule has 112 valence electrons. The molecule has 1 aromatic heterocycles. The Morgan fingerprint density at radius 3 is 3.00 bits per heavy atom. The molecular weight excluding hydrogens is 278 g/mol. The molecule has 1 aliphatic carbocycles. The molecule has 1 aromatic carbocycles. The molecule has 1 aliphatic rings. The summed E-state index contributed by atoms with van der Waals surface area (Å²) in [5, 5.41) is 6.10. The van der Waals surface area contributed by atoms with Gasteiger partial charge < -0.3 is 10.1 Å². The maximum atomic E-state index is 5.53. The number of aryl methyl sites for hydroxylation is 1. The zero-order chi connectivity index (χ0) is 14.7. The number of hydrogen-bond acceptors (Lipinski definition) is 3. The highest BCUT2D eigenvalue weighted by molar-refractivity contribution is 7.10. The first kappa shape index (κ1) is 14.6. The molecule has 2 unspecified atom stereocenters. The molecule has 2 nitrogen and oxygen atoms in total. The number of nitrogens with one attached hydrogen (secondary N) is 1. The Bertz CT molecular complexity index is 592. The van der Waals surface area contributed by atoms with E-state index in [1.807, 2.05) is 17.4 Å². The molecule has 0 spiro atoms. The van der Waals surface area contributed by atoms with Crippen LogP contribution in [0.25, 0.3) is 0 Å². The highest BCUT2D eigenvalue weighted by Crippen LogP contribution is 2.36. The molecule has 1 heterocycles. The molecule has 0 fully saturated rings.